The molecule has 1 fully saturated rings. The van der Waals surface area contributed by atoms with Gasteiger partial charge in [-0.3, -0.25) is 4.79 Å². The molecule has 3 N–H and O–H groups in total. The average Bonchev–Trinajstić information content (AvgIpc) is 2.37. The Bertz CT molecular complexity index is 352. The smallest absolute Gasteiger partial charge is 0.246 e. The number of ether oxygens (including phenoxy) is 1. The van der Waals surface area contributed by atoms with E-state index >= 15 is 0 Å². The minimum absolute atomic E-state index is 0.00965. The molecule has 1 aliphatic rings. The molecule has 1 amide bonds. The third-order valence-corrected chi connectivity index (χ3v) is 4.10. The summed E-state index contributed by atoms with van der Waals surface area (Å²) in [4.78, 5) is 11.4. The molecule has 1 heterocycles. The Labute approximate surface area is 108 Å². The number of sulfonamides is 1. The van der Waals surface area contributed by atoms with E-state index in [0.717, 1.165) is 25.9 Å². The quantitative estimate of drug-likeness (QED) is 0.523. The molecule has 0 aliphatic carbocycles. The van der Waals surface area contributed by atoms with Gasteiger partial charge in [0.05, 0.1) is 11.9 Å². The fraction of sp³-hybridized carbons (Fsp3) is 0.900. The normalized spacial score (nSPS) is 17.6. The van der Waals surface area contributed by atoms with E-state index in [1.807, 2.05) is 0 Å². The van der Waals surface area contributed by atoms with Crippen LogP contribution in [0.25, 0.3) is 0 Å². The summed E-state index contributed by atoms with van der Waals surface area (Å²) < 4.78 is 29.8. The van der Waals surface area contributed by atoms with Crippen LogP contribution in [0.5, 0.6) is 0 Å². The van der Waals surface area contributed by atoms with Gasteiger partial charge in [-0.05, 0) is 33.0 Å². The number of amides is 1. The standard InChI is InChI=1S/C10H21N3O4S/c1-11-18(15,16)7-6-13-10(14)8-17-9-2-4-12-5-3-9/h9,11-12H,2-8H2,1H3,(H,13,14). The molecule has 0 bridgehead atoms. The first-order valence-corrected chi connectivity index (χ1v) is 7.69. The highest BCUT2D eigenvalue weighted by molar-refractivity contribution is 7.89. The maximum absolute atomic E-state index is 11.4. The second-order valence-corrected chi connectivity index (χ2v) is 6.18. The van der Waals surface area contributed by atoms with Gasteiger partial charge in [-0.15, -0.1) is 0 Å². The second-order valence-electron chi connectivity index (χ2n) is 4.13. The summed E-state index contributed by atoms with van der Waals surface area (Å²) in [5.41, 5.74) is 0. The molecule has 1 aliphatic heterocycles. The van der Waals surface area contributed by atoms with Crippen LogP contribution in [0.1, 0.15) is 12.8 Å². The largest absolute Gasteiger partial charge is 0.368 e. The SMILES string of the molecule is CNS(=O)(=O)CCNC(=O)COC1CCNCC1. The van der Waals surface area contributed by atoms with Crippen molar-refractivity contribution in [3.05, 3.63) is 0 Å². The summed E-state index contributed by atoms with van der Waals surface area (Å²) in [6, 6.07) is 0. The monoisotopic (exact) mass is 279 g/mol. The Hall–Kier alpha value is -0.700. The zero-order valence-corrected chi connectivity index (χ0v) is 11.4. The minimum Gasteiger partial charge on any atom is -0.368 e. The Kier molecular flexibility index (Phi) is 6.55. The molecule has 0 aromatic rings. The number of hydrogen-bond donors (Lipinski definition) is 3. The maximum atomic E-state index is 11.4. The van der Waals surface area contributed by atoms with Crippen LogP contribution >= 0.6 is 0 Å². The predicted octanol–water partition coefficient (Wildman–Crippen LogP) is -1.58. The number of hydrogen-bond acceptors (Lipinski definition) is 5. The van der Waals surface area contributed by atoms with Crippen molar-refractivity contribution in [1.29, 1.82) is 0 Å². The van der Waals surface area contributed by atoms with Gasteiger partial charge in [0.15, 0.2) is 0 Å². The summed E-state index contributed by atoms with van der Waals surface area (Å²) in [5, 5.41) is 5.72. The summed E-state index contributed by atoms with van der Waals surface area (Å²) in [6.07, 6.45) is 1.93. The lowest BCUT2D eigenvalue weighted by atomic mass is 10.1. The molecule has 0 aromatic carbocycles. The van der Waals surface area contributed by atoms with E-state index < -0.39 is 10.0 Å². The van der Waals surface area contributed by atoms with Crippen LogP contribution < -0.4 is 15.4 Å². The Balaban J connectivity index is 2.10. The van der Waals surface area contributed by atoms with Crippen molar-refractivity contribution in [2.45, 2.75) is 18.9 Å². The highest BCUT2D eigenvalue weighted by Gasteiger charge is 2.15. The van der Waals surface area contributed by atoms with Crippen molar-refractivity contribution < 1.29 is 17.9 Å². The van der Waals surface area contributed by atoms with Crippen LogP contribution in [-0.2, 0) is 19.6 Å². The molecule has 0 aromatic heterocycles. The molecule has 7 nitrogen and oxygen atoms in total. The lowest BCUT2D eigenvalue weighted by molar-refractivity contribution is -0.128. The van der Waals surface area contributed by atoms with Crippen LogP contribution in [0.3, 0.4) is 0 Å². The van der Waals surface area contributed by atoms with E-state index in [9.17, 15) is 13.2 Å². The zero-order valence-electron chi connectivity index (χ0n) is 10.6. The first-order chi connectivity index (χ1) is 8.53. The molecular formula is C10H21N3O4S. The van der Waals surface area contributed by atoms with E-state index in [-0.39, 0.29) is 30.9 Å². The molecule has 1 saturated heterocycles. The molecule has 0 radical (unpaired) electrons. The van der Waals surface area contributed by atoms with Gasteiger partial charge in [0.2, 0.25) is 15.9 Å². The highest BCUT2D eigenvalue weighted by atomic mass is 32.2. The minimum atomic E-state index is -3.26. The first kappa shape index (κ1) is 15.4. The van der Waals surface area contributed by atoms with Gasteiger partial charge in [-0.1, -0.05) is 0 Å². The Morgan fingerprint density at radius 3 is 2.67 bits per heavy atom. The number of carbonyl (C=O) groups is 1. The highest BCUT2D eigenvalue weighted by Crippen LogP contribution is 2.06. The van der Waals surface area contributed by atoms with E-state index in [2.05, 4.69) is 15.4 Å². The van der Waals surface area contributed by atoms with E-state index in [1.165, 1.54) is 7.05 Å². The van der Waals surface area contributed by atoms with Gasteiger partial charge >= 0.3 is 0 Å². The van der Waals surface area contributed by atoms with Crippen LogP contribution in [-0.4, -0.2) is 59.5 Å². The Morgan fingerprint density at radius 1 is 1.39 bits per heavy atom. The molecule has 0 unspecified atom stereocenters. The van der Waals surface area contributed by atoms with Gasteiger partial charge in [0.1, 0.15) is 6.61 Å². The average molecular weight is 279 g/mol. The van der Waals surface area contributed by atoms with Crippen LogP contribution in [0.2, 0.25) is 0 Å². The molecule has 8 heteroatoms. The fourth-order valence-corrected chi connectivity index (χ4v) is 2.21. The predicted molar refractivity (Wildman–Crippen MR) is 67.7 cm³/mol. The van der Waals surface area contributed by atoms with E-state index in [4.69, 9.17) is 4.74 Å². The van der Waals surface area contributed by atoms with Crippen LogP contribution in [0.4, 0.5) is 0 Å². The molecule has 0 atom stereocenters. The summed E-state index contributed by atoms with van der Waals surface area (Å²) in [6.45, 7) is 1.90. The van der Waals surface area contributed by atoms with E-state index in [1.54, 1.807) is 0 Å². The molecule has 106 valence electrons. The maximum Gasteiger partial charge on any atom is 0.246 e. The van der Waals surface area contributed by atoms with Crippen molar-refractivity contribution in [3.63, 3.8) is 0 Å². The Morgan fingerprint density at radius 2 is 2.06 bits per heavy atom. The summed E-state index contributed by atoms with van der Waals surface area (Å²) in [7, 11) is -1.92. The van der Waals surface area contributed by atoms with Crippen molar-refractivity contribution in [2.24, 2.45) is 0 Å². The first-order valence-electron chi connectivity index (χ1n) is 6.04. The van der Waals surface area contributed by atoms with Crippen molar-refractivity contribution in [1.82, 2.24) is 15.4 Å². The third-order valence-electron chi connectivity index (χ3n) is 2.74. The van der Waals surface area contributed by atoms with Crippen molar-refractivity contribution in [3.8, 4) is 0 Å². The van der Waals surface area contributed by atoms with Crippen LogP contribution in [0, 0.1) is 0 Å². The fourth-order valence-electron chi connectivity index (χ4n) is 1.63. The molecule has 1 rings (SSSR count). The molecule has 18 heavy (non-hydrogen) atoms. The lowest BCUT2D eigenvalue weighted by Gasteiger charge is -2.22. The topological polar surface area (TPSA) is 96.5 Å². The molecular weight excluding hydrogens is 258 g/mol. The van der Waals surface area contributed by atoms with Gasteiger partial charge in [-0.2, -0.15) is 0 Å². The van der Waals surface area contributed by atoms with Crippen molar-refractivity contribution >= 4 is 15.9 Å². The van der Waals surface area contributed by atoms with Gasteiger partial charge in [0.25, 0.3) is 0 Å². The number of carbonyl (C=O) groups excluding carboxylic acids is 1. The zero-order chi connectivity index (χ0) is 13.4. The number of rotatable bonds is 7. The van der Waals surface area contributed by atoms with Gasteiger partial charge in [0, 0.05) is 6.54 Å². The number of piperidine rings is 1. The summed E-state index contributed by atoms with van der Waals surface area (Å²) in [5.74, 6) is -0.400. The van der Waals surface area contributed by atoms with Crippen molar-refractivity contribution in [2.75, 3.05) is 39.0 Å². The molecule has 0 saturated carbocycles. The van der Waals surface area contributed by atoms with E-state index in [0.29, 0.717) is 0 Å². The summed E-state index contributed by atoms with van der Waals surface area (Å²) >= 11 is 0. The van der Waals surface area contributed by atoms with Gasteiger partial charge < -0.3 is 15.4 Å². The lowest BCUT2D eigenvalue weighted by Crippen LogP contribution is -2.37. The second kappa shape index (κ2) is 7.67. The third kappa shape index (κ3) is 6.29. The van der Waals surface area contributed by atoms with Crippen LogP contribution in [0.15, 0.2) is 0 Å². The molecule has 0 spiro atoms. The van der Waals surface area contributed by atoms with Gasteiger partial charge in [-0.25, -0.2) is 13.1 Å². The number of nitrogens with one attached hydrogen (secondary N) is 3.